The highest BCUT2D eigenvalue weighted by Crippen LogP contribution is 2.08. The van der Waals surface area contributed by atoms with Crippen molar-refractivity contribution in [3.63, 3.8) is 0 Å². The highest BCUT2D eigenvalue weighted by atomic mass is 16.5. The molecule has 1 heterocycles. The molecule has 0 bridgehead atoms. The Kier molecular flexibility index (Phi) is 7.31. The molecule has 0 atom stereocenters. The van der Waals surface area contributed by atoms with Gasteiger partial charge in [0.25, 0.3) is 0 Å². The maximum Gasteiger partial charge on any atom is 0.305 e. The second-order valence-electron chi connectivity index (χ2n) is 3.90. The van der Waals surface area contributed by atoms with Gasteiger partial charge in [-0.2, -0.15) is 4.98 Å². The lowest BCUT2D eigenvalue weighted by atomic mass is 10.3. The molecule has 1 rings (SSSR count). The van der Waals surface area contributed by atoms with E-state index in [1.807, 2.05) is 6.92 Å². The van der Waals surface area contributed by atoms with E-state index in [1.54, 1.807) is 19.2 Å². The topological polar surface area (TPSA) is 73.3 Å². The zero-order valence-electron chi connectivity index (χ0n) is 11.5. The highest BCUT2D eigenvalue weighted by molar-refractivity contribution is 5.69. The van der Waals surface area contributed by atoms with Crippen molar-refractivity contribution in [3.05, 3.63) is 12.3 Å². The summed E-state index contributed by atoms with van der Waals surface area (Å²) in [7, 11) is 0. The number of carbonyl (C=O) groups excluding carboxylic acids is 1. The Balaban J connectivity index is 2.27. The number of hydrogen-bond acceptors (Lipinski definition) is 6. The summed E-state index contributed by atoms with van der Waals surface area (Å²) < 4.78 is 10.2. The van der Waals surface area contributed by atoms with E-state index in [-0.39, 0.29) is 5.97 Å². The fraction of sp³-hybridized carbons (Fsp3) is 0.615. The number of esters is 1. The van der Waals surface area contributed by atoms with E-state index in [4.69, 9.17) is 9.47 Å². The zero-order chi connectivity index (χ0) is 13.9. The van der Waals surface area contributed by atoms with E-state index in [9.17, 15) is 4.79 Å². The van der Waals surface area contributed by atoms with Crippen LogP contribution in [0.3, 0.4) is 0 Å². The Morgan fingerprint density at radius 2 is 2.26 bits per heavy atom. The molecule has 0 amide bonds. The van der Waals surface area contributed by atoms with Crippen molar-refractivity contribution in [3.8, 4) is 5.88 Å². The molecule has 106 valence electrons. The van der Waals surface area contributed by atoms with Gasteiger partial charge in [-0.3, -0.25) is 4.79 Å². The van der Waals surface area contributed by atoms with Crippen LogP contribution < -0.4 is 10.1 Å². The number of rotatable bonds is 9. The fourth-order valence-electron chi connectivity index (χ4n) is 1.38. The molecule has 0 radical (unpaired) electrons. The predicted octanol–water partition coefficient (Wildman–Crippen LogP) is 2.02. The third kappa shape index (κ3) is 6.59. The summed E-state index contributed by atoms with van der Waals surface area (Å²) in [6.45, 7) is 5.52. The third-order valence-electron chi connectivity index (χ3n) is 2.23. The van der Waals surface area contributed by atoms with E-state index >= 15 is 0 Å². The predicted molar refractivity (Wildman–Crippen MR) is 72.2 cm³/mol. The van der Waals surface area contributed by atoms with Crippen molar-refractivity contribution < 1.29 is 14.3 Å². The Bertz CT molecular complexity index is 385. The number of carbonyl (C=O) groups is 1. The molecule has 1 N–H and O–H groups in total. The Labute approximate surface area is 113 Å². The average Bonchev–Trinajstić information content (AvgIpc) is 2.42. The van der Waals surface area contributed by atoms with Crippen molar-refractivity contribution in [2.75, 3.05) is 25.1 Å². The van der Waals surface area contributed by atoms with Crippen LogP contribution >= 0.6 is 0 Å². The van der Waals surface area contributed by atoms with Gasteiger partial charge in [0.05, 0.1) is 13.2 Å². The van der Waals surface area contributed by atoms with Crippen LogP contribution in [-0.2, 0) is 9.53 Å². The molecule has 0 unspecified atom stereocenters. The van der Waals surface area contributed by atoms with Gasteiger partial charge < -0.3 is 14.8 Å². The van der Waals surface area contributed by atoms with Gasteiger partial charge in [-0.25, -0.2) is 4.98 Å². The van der Waals surface area contributed by atoms with Gasteiger partial charge in [0.15, 0.2) is 0 Å². The van der Waals surface area contributed by atoms with Crippen LogP contribution in [-0.4, -0.2) is 35.7 Å². The van der Waals surface area contributed by atoms with Crippen LogP contribution in [0.15, 0.2) is 12.3 Å². The Hall–Kier alpha value is -1.85. The van der Waals surface area contributed by atoms with Crippen molar-refractivity contribution in [2.45, 2.75) is 33.1 Å². The van der Waals surface area contributed by atoms with Crippen LogP contribution in [0.2, 0.25) is 0 Å². The molecule has 19 heavy (non-hydrogen) atoms. The van der Waals surface area contributed by atoms with Crippen molar-refractivity contribution >= 4 is 11.9 Å². The van der Waals surface area contributed by atoms with E-state index in [1.165, 1.54) is 0 Å². The number of anilines is 1. The summed E-state index contributed by atoms with van der Waals surface area (Å²) in [5.41, 5.74) is 0. The first-order valence-electron chi connectivity index (χ1n) is 6.61. The van der Waals surface area contributed by atoms with Gasteiger partial charge >= 0.3 is 5.97 Å². The molecule has 0 saturated heterocycles. The quantitative estimate of drug-likeness (QED) is 0.545. The monoisotopic (exact) mass is 267 g/mol. The van der Waals surface area contributed by atoms with Gasteiger partial charge in [0.2, 0.25) is 11.8 Å². The maximum atomic E-state index is 11.1. The molecule has 1 aromatic rings. The SMILES string of the molecule is CCCOc1ccnc(NCCCC(=O)OCC)n1. The maximum absolute atomic E-state index is 11.1. The lowest BCUT2D eigenvalue weighted by Gasteiger charge is -2.07. The van der Waals surface area contributed by atoms with Gasteiger partial charge in [-0.05, 0) is 19.8 Å². The number of aromatic nitrogens is 2. The van der Waals surface area contributed by atoms with Crippen LogP contribution in [0.25, 0.3) is 0 Å². The largest absolute Gasteiger partial charge is 0.478 e. The van der Waals surface area contributed by atoms with Crippen LogP contribution in [0.5, 0.6) is 5.88 Å². The minimum atomic E-state index is -0.176. The minimum absolute atomic E-state index is 0.176. The van der Waals surface area contributed by atoms with Crippen LogP contribution in [0.4, 0.5) is 5.95 Å². The van der Waals surface area contributed by atoms with Crippen molar-refractivity contribution in [2.24, 2.45) is 0 Å². The first-order valence-corrected chi connectivity index (χ1v) is 6.61. The van der Waals surface area contributed by atoms with E-state index < -0.39 is 0 Å². The number of nitrogens with one attached hydrogen (secondary N) is 1. The second kappa shape index (κ2) is 9.13. The van der Waals surface area contributed by atoms with E-state index in [0.29, 0.717) is 44.4 Å². The summed E-state index contributed by atoms with van der Waals surface area (Å²) >= 11 is 0. The zero-order valence-corrected chi connectivity index (χ0v) is 11.5. The smallest absolute Gasteiger partial charge is 0.305 e. The average molecular weight is 267 g/mol. The first kappa shape index (κ1) is 15.2. The number of hydrogen-bond donors (Lipinski definition) is 1. The standard InChI is InChI=1S/C13H21N3O3/c1-3-10-19-11-7-9-15-13(16-11)14-8-5-6-12(17)18-4-2/h7,9H,3-6,8,10H2,1-2H3,(H,14,15,16). The molecular weight excluding hydrogens is 246 g/mol. The Morgan fingerprint density at radius 3 is 3.00 bits per heavy atom. The van der Waals surface area contributed by atoms with Gasteiger partial charge in [-0.15, -0.1) is 0 Å². The molecule has 0 aliphatic heterocycles. The summed E-state index contributed by atoms with van der Waals surface area (Å²) in [6.07, 6.45) is 3.66. The first-order chi connectivity index (χ1) is 9.26. The van der Waals surface area contributed by atoms with Crippen LogP contribution in [0, 0.1) is 0 Å². The van der Waals surface area contributed by atoms with Gasteiger partial charge in [0.1, 0.15) is 0 Å². The molecule has 1 aromatic heterocycles. The minimum Gasteiger partial charge on any atom is -0.478 e. The van der Waals surface area contributed by atoms with Crippen molar-refractivity contribution in [1.82, 2.24) is 9.97 Å². The second-order valence-corrected chi connectivity index (χ2v) is 3.90. The number of nitrogens with zero attached hydrogens (tertiary/aromatic N) is 2. The molecule has 0 aromatic carbocycles. The normalized spacial score (nSPS) is 10.0. The molecule has 0 spiro atoms. The van der Waals surface area contributed by atoms with E-state index in [0.717, 1.165) is 6.42 Å². The number of ether oxygens (including phenoxy) is 2. The molecule has 6 nitrogen and oxygen atoms in total. The molecule has 0 aliphatic carbocycles. The summed E-state index contributed by atoms with van der Waals surface area (Å²) in [6, 6.07) is 1.72. The molecule has 0 aliphatic rings. The van der Waals surface area contributed by atoms with E-state index in [2.05, 4.69) is 15.3 Å². The highest BCUT2D eigenvalue weighted by Gasteiger charge is 2.02. The van der Waals surface area contributed by atoms with Gasteiger partial charge in [0, 0.05) is 25.2 Å². The lowest BCUT2D eigenvalue weighted by molar-refractivity contribution is -0.143. The lowest BCUT2D eigenvalue weighted by Crippen LogP contribution is -2.10. The summed E-state index contributed by atoms with van der Waals surface area (Å²) in [4.78, 5) is 19.4. The van der Waals surface area contributed by atoms with Crippen molar-refractivity contribution in [1.29, 1.82) is 0 Å². The molecular formula is C13H21N3O3. The molecule has 6 heteroatoms. The Morgan fingerprint density at radius 1 is 1.42 bits per heavy atom. The molecule has 0 saturated carbocycles. The third-order valence-corrected chi connectivity index (χ3v) is 2.23. The summed E-state index contributed by atoms with van der Waals surface area (Å²) in [5, 5.41) is 3.05. The summed E-state index contributed by atoms with van der Waals surface area (Å²) in [5.74, 6) is 0.896. The molecule has 0 fully saturated rings. The van der Waals surface area contributed by atoms with Gasteiger partial charge in [-0.1, -0.05) is 6.92 Å². The van der Waals surface area contributed by atoms with Crippen LogP contribution in [0.1, 0.15) is 33.1 Å². The fourth-order valence-corrected chi connectivity index (χ4v) is 1.38.